The zero-order valence-corrected chi connectivity index (χ0v) is 8.20. The molecule has 2 rings (SSSR count). The average molecular weight is 197 g/mol. The number of rotatable bonds is 1. The van der Waals surface area contributed by atoms with Crippen LogP contribution in [0.25, 0.3) is 0 Å². The van der Waals surface area contributed by atoms with E-state index < -0.39 is 0 Å². The van der Waals surface area contributed by atoms with Crippen LogP contribution in [0.15, 0.2) is 0 Å². The second kappa shape index (κ2) is 3.33. The van der Waals surface area contributed by atoms with Crippen molar-refractivity contribution in [2.75, 3.05) is 0 Å². The van der Waals surface area contributed by atoms with Crippen molar-refractivity contribution in [3.05, 3.63) is 10.1 Å². The molecular weight excluding hydrogens is 182 g/mol. The summed E-state index contributed by atoms with van der Waals surface area (Å²) in [4.78, 5) is 21.6. The maximum Gasteiger partial charge on any atom is 0.213 e. The molecule has 0 atom stereocenters. The molecule has 0 radical (unpaired) electrons. The molecule has 0 N–H and O–H groups in total. The number of carbonyl (C=O) groups excluding carboxylic acids is 1. The molecule has 2 fully saturated rings. The van der Waals surface area contributed by atoms with Gasteiger partial charge in [-0.1, -0.05) is 0 Å². The number of ketones is 1. The molecule has 14 heavy (non-hydrogen) atoms. The zero-order chi connectivity index (χ0) is 10.2. The smallest absolute Gasteiger partial charge is 0.213 e. The normalized spacial score (nSPS) is 37.7. The largest absolute Gasteiger partial charge is 0.300 e. The van der Waals surface area contributed by atoms with Crippen LogP contribution in [0.1, 0.15) is 44.9 Å². The fraction of sp³-hybridized carbons (Fsp3) is 0.900. The molecule has 2 aliphatic rings. The average Bonchev–Trinajstić information content (AvgIpc) is 2.48. The first kappa shape index (κ1) is 9.62. The van der Waals surface area contributed by atoms with Crippen LogP contribution < -0.4 is 0 Å². The molecule has 0 aromatic heterocycles. The first-order chi connectivity index (χ1) is 6.61. The number of nitrogens with zero attached hydrogens (tertiary/aromatic N) is 1. The van der Waals surface area contributed by atoms with Crippen LogP contribution in [0.4, 0.5) is 0 Å². The third kappa shape index (κ3) is 1.65. The summed E-state index contributed by atoms with van der Waals surface area (Å²) in [6.45, 7) is 0. The van der Waals surface area contributed by atoms with E-state index in [0.29, 0.717) is 31.5 Å². The molecule has 0 unspecified atom stereocenters. The van der Waals surface area contributed by atoms with Gasteiger partial charge in [-0.25, -0.2) is 0 Å². The fourth-order valence-corrected chi connectivity index (χ4v) is 2.85. The third-order valence-electron chi connectivity index (χ3n) is 3.82. The van der Waals surface area contributed by atoms with E-state index in [1.807, 2.05) is 0 Å². The number of carbonyl (C=O) groups is 1. The minimum Gasteiger partial charge on any atom is -0.300 e. The summed E-state index contributed by atoms with van der Waals surface area (Å²) < 4.78 is 0. The summed E-state index contributed by atoms with van der Waals surface area (Å²) in [5, 5.41) is 10.6. The second-order valence-corrected chi connectivity index (χ2v) is 4.73. The van der Waals surface area contributed by atoms with Crippen LogP contribution >= 0.6 is 0 Å². The van der Waals surface area contributed by atoms with Gasteiger partial charge in [0.15, 0.2) is 0 Å². The Morgan fingerprint density at radius 3 is 2.36 bits per heavy atom. The van der Waals surface area contributed by atoms with Gasteiger partial charge in [0.2, 0.25) is 6.04 Å². The molecule has 0 saturated heterocycles. The van der Waals surface area contributed by atoms with Crippen LogP contribution in [0.5, 0.6) is 0 Å². The van der Waals surface area contributed by atoms with Gasteiger partial charge in [-0.15, -0.1) is 0 Å². The summed E-state index contributed by atoms with van der Waals surface area (Å²) in [7, 11) is 0. The van der Waals surface area contributed by atoms with Gasteiger partial charge in [-0.05, 0) is 24.7 Å². The molecule has 1 spiro atoms. The van der Waals surface area contributed by atoms with Crippen LogP contribution in [-0.4, -0.2) is 16.7 Å². The lowest BCUT2D eigenvalue weighted by Crippen LogP contribution is -2.31. The number of hydrogen-bond donors (Lipinski definition) is 0. The summed E-state index contributed by atoms with van der Waals surface area (Å²) in [5.41, 5.74) is 0.156. The maximum absolute atomic E-state index is 11.2. The highest BCUT2D eigenvalue weighted by Crippen LogP contribution is 2.47. The summed E-state index contributed by atoms with van der Waals surface area (Å²) in [6.07, 6.45) is 5.44. The molecular formula is C10H15NO3. The minimum absolute atomic E-state index is 0.156. The van der Waals surface area contributed by atoms with Gasteiger partial charge in [-0.3, -0.25) is 14.9 Å². The van der Waals surface area contributed by atoms with E-state index in [2.05, 4.69) is 0 Å². The molecule has 2 saturated carbocycles. The molecule has 0 aromatic carbocycles. The van der Waals surface area contributed by atoms with Gasteiger partial charge in [0.25, 0.3) is 0 Å². The Morgan fingerprint density at radius 2 is 1.93 bits per heavy atom. The lowest BCUT2D eigenvalue weighted by Gasteiger charge is -2.33. The topological polar surface area (TPSA) is 60.2 Å². The Morgan fingerprint density at radius 1 is 1.29 bits per heavy atom. The predicted molar refractivity (Wildman–Crippen MR) is 50.5 cm³/mol. The van der Waals surface area contributed by atoms with Crippen molar-refractivity contribution in [2.45, 2.75) is 51.0 Å². The second-order valence-electron chi connectivity index (χ2n) is 4.73. The van der Waals surface area contributed by atoms with Gasteiger partial charge >= 0.3 is 0 Å². The van der Waals surface area contributed by atoms with Crippen molar-refractivity contribution in [1.82, 2.24) is 0 Å². The van der Waals surface area contributed by atoms with Gasteiger partial charge in [0.1, 0.15) is 5.78 Å². The molecule has 0 aliphatic heterocycles. The fourth-order valence-electron chi connectivity index (χ4n) is 2.85. The predicted octanol–water partition coefficient (Wildman–Crippen LogP) is 1.95. The summed E-state index contributed by atoms with van der Waals surface area (Å²) in [6, 6.07) is -0.351. The monoisotopic (exact) mass is 197 g/mol. The van der Waals surface area contributed by atoms with Crippen molar-refractivity contribution in [3.8, 4) is 0 Å². The van der Waals surface area contributed by atoms with E-state index in [0.717, 1.165) is 19.3 Å². The van der Waals surface area contributed by atoms with Gasteiger partial charge in [0.05, 0.1) is 0 Å². The van der Waals surface area contributed by atoms with Crippen molar-refractivity contribution in [1.29, 1.82) is 0 Å². The molecule has 0 heterocycles. The van der Waals surface area contributed by atoms with Crippen molar-refractivity contribution < 1.29 is 9.72 Å². The molecule has 0 bridgehead atoms. The van der Waals surface area contributed by atoms with Gasteiger partial charge in [0, 0.05) is 30.6 Å². The van der Waals surface area contributed by atoms with Crippen molar-refractivity contribution >= 4 is 5.78 Å². The van der Waals surface area contributed by atoms with Gasteiger partial charge in [-0.2, -0.15) is 0 Å². The van der Waals surface area contributed by atoms with Gasteiger partial charge < -0.3 is 0 Å². The van der Waals surface area contributed by atoms with Crippen LogP contribution in [0.3, 0.4) is 0 Å². The first-order valence-electron chi connectivity index (χ1n) is 5.27. The van der Waals surface area contributed by atoms with Crippen LogP contribution in [-0.2, 0) is 4.79 Å². The molecule has 0 aromatic rings. The highest BCUT2D eigenvalue weighted by molar-refractivity contribution is 5.81. The lowest BCUT2D eigenvalue weighted by molar-refractivity contribution is -0.527. The number of hydrogen-bond acceptors (Lipinski definition) is 3. The highest BCUT2D eigenvalue weighted by atomic mass is 16.6. The SMILES string of the molecule is O=C1CCC2(CCC([N+](=O)[O-])CC2)C1. The standard InChI is InChI=1S/C10H15NO3/c12-9-3-6-10(7-9)4-1-8(2-5-10)11(13)14/h8H,1-7H2. The highest BCUT2D eigenvalue weighted by Gasteiger charge is 2.43. The van der Waals surface area contributed by atoms with E-state index in [-0.39, 0.29) is 16.4 Å². The van der Waals surface area contributed by atoms with E-state index in [1.165, 1.54) is 0 Å². The molecule has 0 amide bonds. The quantitative estimate of drug-likeness (QED) is 0.476. The van der Waals surface area contributed by atoms with E-state index in [1.54, 1.807) is 0 Å². The Labute approximate surface area is 82.8 Å². The zero-order valence-electron chi connectivity index (χ0n) is 8.20. The Hall–Kier alpha value is -0.930. The summed E-state index contributed by atoms with van der Waals surface area (Å²) in [5.74, 6) is 0.351. The van der Waals surface area contributed by atoms with Crippen molar-refractivity contribution in [3.63, 3.8) is 0 Å². The molecule has 78 valence electrons. The minimum atomic E-state index is -0.351. The van der Waals surface area contributed by atoms with E-state index in [9.17, 15) is 14.9 Å². The molecule has 2 aliphatic carbocycles. The maximum atomic E-state index is 11.2. The van der Waals surface area contributed by atoms with E-state index >= 15 is 0 Å². The Kier molecular flexibility index (Phi) is 2.29. The van der Waals surface area contributed by atoms with Crippen molar-refractivity contribution in [2.24, 2.45) is 5.41 Å². The van der Waals surface area contributed by atoms with Crippen LogP contribution in [0, 0.1) is 15.5 Å². The third-order valence-corrected chi connectivity index (χ3v) is 3.82. The first-order valence-corrected chi connectivity index (χ1v) is 5.27. The molecule has 4 nitrogen and oxygen atoms in total. The number of nitro groups is 1. The van der Waals surface area contributed by atoms with E-state index in [4.69, 9.17) is 0 Å². The lowest BCUT2D eigenvalue weighted by atomic mass is 9.71. The molecule has 4 heteroatoms. The Balaban J connectivity index is 1.95. The van der Waals surface area contributed by atoms with Crippen LogP contribution in [0.2, 0.25) is 0 Å². The summed E-state index contributed by atoms with van der Waals surface area (Å²) >= 11 is 0. The number of Topliss-reactive ketones (excluding diaryl/α,β-unsaturated/α-hetero) is 1. The Bertz CT molecular complexity index is 267.